The van der Waals surface area contributed by atoms with E-state index in [0.29, 0.717) is 11.3 Å². The fraction of sp³-hybridized carbons (Fsp3) is 1.00. The van der Waals surface area contributed by atoms with Gasteiger partial charge in [-0.15, -0.1) is 0 Å². The molecule has 0 aromatic heterocycles. The van der Waals surface area contributed by atoms with E-state index in [4.69, 9.17) is 0 Å². The summed E-state index contributed by atoms with van der Waals surface area (Å²) in [5, 5.41) is 3.82. The lowest BCUT2D eigenvalue weighted by Gasteiger charge is -2.20. The van der Waals surface area contributed by atoms with Crippen LogP contribution in [0.5, 0.6) is 0 Å². The molecule has 1 aliphatic heterocycles. The zero-order chi connectivity index (χ0) is 11.3. The summed E-state index contributed by atoms with van der Waals surface area (Å²) in [6.07, 6.45) is 4.08. The highest BCUT2D eigenvalue weighted by Gasteiger charge is 2.14. The van der Waals surface area contributed by atoms with Crippen molar-refractivity contribution < 1.29 is 4.21 Å². The van der Waals surface area contributed by atoms with E-state index in [2.05, 4.69) is 24.1 Å². The summed E-state index contributed by atoms with van der Waals surface area (Å²) in [7, 11) is -0.668. The molecule has 1 aliphatic rings. The van der Waals surface area contributed by atoms with Crippen LogP contribution in [0.2, 0.25) is 0 Å². The summed E-state index contributed by atoms with van der Waals surface area (Å²) in [5.41, 5.74) is 0. The number of nitrogens with one attached hydrogen (secondary N) is 1. The van der Waals surface area contributed by atoms with Crippen molar-refractivity contribution in [1.82, 2.24) is 10.2 Å². The summed E-state index contributed by atoms with van der Waals surface area (Å²) >= 11 is 0. The maximum absolute atomic E-state index is 11.2. The first-order valence-electron chi connectivity index (χ1n) is 5.87. The molecule has 1 saturated heterocycles. The molecular formula is C11H24N2OS. The van der Waals surface area contributed by atoms with Crippen molar-refractivity contribution in [2.75, 3.05) is 32.4 Å². The summed E-state index contributed by atoms with van der Waals surface area (Å²) in [6, 6.07) is 0.646. The highest BCUT2D eigenvalue weighted by molar-refractivity contribution is 7.84. The van der Waals surface area contributed by atoms with Gasteiger partial charge in [-0.3, -0.25) is 4.21 Å². The molecule has 0 bridgehead atoms. The predicted molar refractivity (Wildman–Crippen MR) is 66.7 cm³/mol. The molecule has 0 radical (unpaired) electrons. The van der Waals surface area contributed by atoms with Gasteiger partial charge in [0.25, 0.3) is 0 Å². The Morgan fingerprint density at radius 3 is 2.93 bits per heavy atom. The minimum atomic E-state index is -0.668. The topological polar surface area (TPSA) is 32.3 Å². The van der Waals surface area contributed by atoms with Crippen molar-refractivity contribution in [3.8, 4) is 0 Å². The molecule has 0 saturated carbocycles. The number of rotatable bonds is 4. The molecule has 1 fully saturated rings. The van der Waals surface area contributed by atoms with Gasteiger partial charge < -0.3 is 10.2 Å². The predicted octanol–water partition coefficient (Wildman–Crippen LogP) is 0.827. The van der Waals surface area contributed by atoms with Gasteiger partial charge in [-0.25, -0.2) is 0 Å². The second kappa shape index (κ2) is 6.61. The van der Waals surface area contributed by atoms with Crippen molar-refractivity contribution in [2.24, 2.45) is 0 Å². The van der Waals surface area contributed by atoms with Crippen molar-refractivity contribution in [2.45, 2.75) is 38.0 Å². The van der Waals surface area contributed by atoms with Crippen molar-refractivity contribution in [3.63, 3.8) is 0 Å². The minimum absolute atomic E-state index is 0.332. The van der Waals surface area contributed by atoms with E-state index >= 15 is 0 Å². The van der Waals surface area contributed by atoms with Crippen LogP contribution < -0.4 is 5.32 Å². The summed E-state index contributed by atoms with van der Waals surface area (Å²) in [6.45, 7) is 8.81. The minimum Gasteiger partial charge on any atom is -0.313 e. The normalized spacial score (nSPS) is 28.3. The standard InChI is InChI=1S/C11H24N2OS/c1-10-4-7-13(9-6-12-10)8-5-11(2)15(3)14/h10-12H,4-9H2,1-3H3. The average Bonchev–Trinajstić information content (AvgIpc) is 2.39. The Balaban J connectivity index is 2.23. The Morgan fingerprint density at radius 2 is 2.27 bits per heavy atom. The maximum atomic E-state index is 11.2. The SMILES string of the molecule is CC1CCN(CCC(C)S(C)=O)CCN1. The van der Waals surface area contributed by atoms with Gasteiger partial charge in [0, 0.05) is 41.4 Å². The third-order valence-electron chi connectivity index (χ3n) is 3.22. The molecule has 0 amide bonds. The molecule has 90 valence electrons. The van der Waals surface area contributed by atoms with E-state index in [9.17, 15) is 4.21 Å². The van der Waals surface area contributed by atoms with Gasteiger partial charge in [-0.1, -0.05) is 6.92 Å². The van der Waals surface area contributed by atoms with Gasteiger partial charge in [0.2, 0.25) is 0 Å². The molecular weight excluding hydrogens is 208 g/mol. The molecule has 0 spiro atoms. The number of nitrogens with zero attached hydrogens (tertiary/aromatic N) is 1. The van der Waals surface area contributed by atoms with Crippen molar-refractivity contribution in [3.05, 3.63) is 0 Å². The molecule has 4 heteroatoms. The molecule has 1 heterocycles. The van der Waals surface area contributed by atoms with Gasteiger partial charge in [0.05, 0.1) is 0 Å². The fourth-order valence-electron chi connectivity index (χ4n) is 1.81. The van der Waals surface area contributed by atoms with Crippen LogP contribution in [0.15, 0.2) is 0 Å². The van der Waals surface area contributed by atoms with Gasteiger partial charge >= 0.3 is 0 Å². The summed E-state index contributed by atoms with van der Waals surface area (Å²) < 4.78 is 11.2. The largest absolute Gasteiger partial charge is 0.313 e. The number of hydrogen-bond donors (Lipinski definition) is 1. The molecule has 15 heavy (non-hydrogen) atoms. The van der Waals surface area contributed by atoms with Gasteiger partial charge in [0.1, 0.15) is 0 Å². The fourth-order valence-corrected chi connectivity index (χ4v) is 2.25. The van der Waals surface area contributed by atoms with E-state index in [1.54, 1.807) is 6.26 Å². The Hall–Kier alpha value is 0.0700. The summed E-state index contributed by atoms with van der Waals surface area (Å²) in [4.78, 5) is 2.49. The van der Waals surface area contributed by atoms with E-state index in [1.165, 1.54) is 13.0 Å². The van der Waals surface area contributed by atoms with Gasteiger partial charge in [-0.05, 0) is 32.9 Å². The van der Waals surface area contributed by atoms with Crippen LogP contribution in [0.3, 0.4) is 0 Å². The smallest absolute Gasteiger partial charge is 0.0329 e. The first kappa shape index (κ1) is 13.1. The van der Waals surface area contributed by atoms with Crippen LogP contribution in [0.1, 0.15) is 26.7 Å². The second-order valence-electron chi connectivity index (χ2n) is 4.58. The first-order chi connectivity index (χ1) is 7.09. The Bertz CT molecular complexity index is 211. The molecule has 0 aromatic carbocycles. The van der Waals surface area contributed by atoms with E-state index in [1.807, 2.05) is 0 Å². The molecule has 3 nitrogen and oxygen atoms in total. The Kier molecular flexibility index (Phi) is 5.79. The van der Waals surface area contributed by atoms with Crippen LogP contribution in [0, 0.1) is 0 Å². The zero-order valence-electron chi connectivity index (χ0n) is 10.2. The highest BCUT2D eigenvalue weighted by Crippen LogP contribution is 2.05. The molecule has 3 atom stereocenters. The highest BCUT2D eigenvalue weighted by atomic mass is 32.2. The van der Waals surface area contributed by atoms with Crippen LogP contribution in [0.25, 0.3) is 0 Å². The lowest BCUT2D eigenvalue weighted by Crippen LogP contribution is -2.31. The van der Waals surface area contributed by atoms with E-state index < -0.39 is 10.8 Å². The van der Waals surface area contributed by atoms with Crippen molar-refractivity contribution in [1.29, 1.82) is 0 Å². The second-order valence-corrected chi connectivity index (χ2v) is 6.39. The first-order valence-corrected chi connectivity index (χ1v) is 7.49. The number of hydrogen-bond acceptors (Lipinski definition) is 3. The molecule has 1 rings (SSSR count). The maximum Gasteiger partial charge on any atom is 0.0329 e. The zero-order valence-corrected chi connectivity index (χ0v) is 11.0. The van der Waals surface area contributed by atoms with Gasteiger partial charge in [-0.2, -0.15) is 0 Å². The molecule has 0 aliphatic carbocycles. The molecule has 1 N–H and O–H groups in total. The third-order valence-corrected chi connectivity index (χ3v) is 4.59. The van der Waals surface area contributed by atoms with Crippen LogP contribution in [-0.2, 0) is 10.8 Å². The quantitative estimate of drug-likeness (QED) is 0.779. The molecule has 3 unspecified atom stereocenters. The van der Waals surface area contributed by atoms with Crippen molar-refractivity contribution >= 4 is 10.8 Å². The van der Waals surface area contributed by atoms with E-state index in [0.717, 1.165) is 26.1 Å². The lowest BCUT2D eigenvalue weighted by atomic mass is 10.2. The Labute approximate surface area is 96.1 Å². The van der Waals surface area contributed by atoms with Crippen LogP contribution in [-0.4, -0.2) is 52.8 Å². The van der Waals surface area contributed by atoms with Crippen LogP contribution in [0.4, 0.5) is 0 Å². The third kappa shape index (κ3) is 5.09. The monoisotopic (exact) mass is 232 g/mol. The average molecular weight is 232 g/mol. The molecule has 0 aromatic rings. The van der Waals surface area contributed by atoms with Gasteiger partial charge in [0.15, 0.2) is 0 Å². The summed E-state index contributed by atoms with van der Waals surface area (Å²) in [5.74, 6) is 0. The Morgan fingerprint density at radius 1 is 1.53 bits per heavy atom. The van der Waals surface area contributed by atoms with E-state index in [-0.39, 0.29) is 0 Å². The van der Waals surface area contributed by atoms with Crippen LogP contribution >= 0.6 is 0 Å². The lowest BCUT2D eigenvalue weighted by molar-refractivity contribution is 0.287.